The zero-order valence-electron chi connectivity index (χ0n) is 8.10. The molecule has 0 heterocycles. The highest BCUT2D eigenvalue weighted by atomic mass is 32.2. The maximum absolute atomic E-state index is 10.7. The molecule has 0 aromatic heterocycles. The summed E-state index contributed by atoms with van der Waals surface area (Å²) in [6.07, 6.45) is 2.08. The van der Waals surface area contributed by atoms with Crippen LogP contribution in [0.4, 0.5) is 13.2 Å². The van der Waals surface area contributed by atoms with E-state index in [-0.39, 0.29) is 0 Å². The van der Waals surface area contributed by atoms with E-state index in [1.165, 1.54) is 4.90 Å². The van der Waals surface area contributed by atoms with Gasteiger partial charge in [-0.3, -0.25) is 4.55 Å². The van der Waals surface area contributed by atoms with E-state index in [2.05, 4.69) is 18.4 Å². The zero-order valence-corrected chi connectivity index (χ0v) is 9.73. The van der Waals surface area contributed by atoms with Crippen LogP contribution in [0.5, 0.6) is 0 Å². The summed E-state index contributed by atoms with van der Waals surface area (Å²) in [6, 6.07) is 10.3. The van der Waals surface area contributed by atoms with Gasteiger partial charge in [0.05, 0.1) is 0 Å². The molecule has 0 fully saturated rings. The fourth-order valence-electron chi connectivity index (χ4n) is 0.557. The molecule has 1 rings (SSSR count). The Morgan fingerprint density at radius 1 is 1.19 bits per heavy atom. The molecule has 0 bridgehead atoms. The fraction of sp³-hybridized carbons (Fsp3) is 0.250. The predicted molar refractivity (Wildman–Crippen MR) is 55.8 cm³/mol. The van der Waals surface area contributed by atoms with Gasteiger partial charge in [-0.1, -0.05) is 18.2 Å². The Hall–Kier alpha value is -0.730. The molecular weight excluding hydrogens is 265 g/mol. The van der Waals surface area contributed by atoms with Gasteiger partial charge in [0.25, 0.3) is 0 Å². The van der Waals surface area contributed by atoms with Gasteiger partial charge in [0.1, 0.15) is 0 Å². The third kappa shape index (κ3) is 5.99. The lowest BCUT2D eigenvalue weighted by atomic mass is 10.4. The van der Waals surface area contributed by atoms with Gasteiger partial charge in [-0.25, -0.2) is 0 Å². The number of rotatable bonds is 1. The first-order chi connectivity index (χ1) is 7.18. The second-order valence-electron chi connectivity index (χ2n) is 2.44. The first-order valence-electron chi connectivity index (χ1n) is 3.81. The number of alkyl halides is 3. The van der Waals surface area contributed by atoms with Gasteiger partial charge in [-0.05, 0) is 18.4 Å². The van der Waals surface area contributed by atoms with Crippen molar-refractivity contribution in [1.82, 2.24) is 0 Å². The molecular formula is C8H9F3O3S2. The van der Waals surface area contributed by atoms with Crippen LogP contribution in [-0.2, 0) is 10.1 Å². The second kappa shape index (κ2) is 6.12. The van der Waals surface area contributed by atoms with E-state index in [0.29, 0.717) is 0 Å². The van der Waals surface area contributed by atoms with Gasteiger partial charge >= 0.3 is 15.6 Å². The minimum absolute atomic E-state index is 1.33. The summed E-state index contributed by atoms with van der Waals surface area (Å²) in [4.78, 5) is 1.33. The standard InChI is InChI=1S/C7H8S.CHF3O3S/c1-8-7-5-3-2-4-6-7;2-1(3,4)8(5,6)7/h2-6H,1H3;(H,5,6,7). The van der Waals surface area contributed by atoms with Gasteiger partial charge in [-0.2, -0.15) is 21.6 Å². The number of halogens is 3. The van der Waals surface area contributed by atoms with Crippen LogP contribution in [0.15, 0.2) is 35.2 Å². The molecule has 0 aliphatic rings. The van der Waals surface area contributed by atoms with Gasteiger partial charge in [0, 0.05) is 4.90 Å². The lowest BCUT2D eigenvalue weighted by molar-refractivity contribution is -0.0510. The van der Waals surface area contributed by atoms with Crippen LogP contribution >= 0.6 is 11.8 Å². The molecule has 0 aliphatic carbocycles. The maximum atomic E-state index is 10.7. The molecule has 92 valence electrons. The van der Waals surface area contributed by atoms with E-state index in [4.69, 9.17) is 13.0 Å². The normalized spacial score (nSPS) is 11.6. The van der Waals surface area contributed by atoms with E-state index in [1.807, 2.05) is 18.2 Å². The summed E-state index contributed by atoms with van der Waals surface area (Å²) >= 11 is 1.77. The van der Waals surface area contributed by atoms with E-state index in [0.717, 1.165) is 0 Å². The monoisotopic (exact) mass is 274 g/mol. The summed E-state index contributed by atoms with van der Waals surface area (Å²) in [6.45, 7) is 0. The summed E-state index contributed by atoms with van der Waals surface area (Å²) in [5.41, 5.74) is -5.53. The van der Waals surface area contributed by atoms with Crippen LogP contribution in [-0.4, -0.2) is 24.7 Å². The van der Waals surface area contributed by atoms with Crippen LogP contribution in [0.3, 0.4) is 0 Å². The van der Waals surface area contributed by atoms with Crippen LogP contribution in [0.25, 0.3) is 0 Å². The summed E-state index contributed by atoms with van der Waals surface area (Å²) in [5, 5.41) is 0. The molecule has 0 aliphatic heterocycles. The number of benzene rings is 1. The minimum atomic E-state index is -5.84. The first-order valence-corrected chi connectivity index (χ1v) is 6.47. The van der Waals surface area contributed by atoms with Crippen molar-refractivity contribution in [2.75, 3.05) is 6.26 Å². The molecule has 0 atom stereocenters. The first kappa shape index (κ1) is 15.3. The molecule has 0 saturated carbocycles. The SMILES string of the molecule is CSc1ccccc1.O=S(=O)(O)C(F)(F)F. The van der Waals surface area contributed by atoms with Gasteiger partial charge in [-0.15, -0.1) is 11.8 Å². The highest BCUT2D eigenvalue weighted by Gasteiger charge is 2.44. The molecule has 16 heavy (non-hydrogen) atoms. The van der Waals surface area contributed by atoms with Crippen LogP contribution in [0, 0.1) is 0 Å². The van der Waals surface area contributed by atoms with E-state index in [1.54, 1.807) is 11.8 Å². The third-order valence-corrected chi connectivity index (χ3v) is 2.60. The maximum Gasteiger partial charge on any atom is 0.522 e. The van der Waals surface area contributed by atoms with Crippen molar-refractivity contribution in [2.45, 2.75) is 10.4 Å². The van der Waals surface area contributed by atoms with E-state index in [9.17, 15) is 13.2 Å². The van der Waals surface area contributed by atoms with E-state index < -0.39 is 15.6 Å². The summed E-state index contributed by atoms with van der Waals surface area (Å²) < 4.78 is 57.5. The van der Waals surface area contributed by atoms with Crippen molar-refractivity contribution in [1.29, 1.82) is 0 Å². The van der Waals surface area contributed by atoms with Crippen molar-refractivity contribution in [3.05, 3.63) is 30.3 Å². The van der Waals surface area contributed by atoms with Gasteiger partial charge in [0.15, 0.2) is 0 Å². The number of thioether (sulfide) groups is 1. The van der Waals surface area contributed by atoms with Gasteiger partial charge in [0.2, 0.25) is 0 Å². The molecule has 1 N–H and O–H groups in total. The smallest absolute Gasteiger partial charge is 0.279 e. The number of hydrogen-bond acceptors (Lipinski definition) is 3. The van der Waals surface area contributed by atoms with E-state index >= 15 is 0 Å². The predicted octanol–water partition coefficient (Wildman–Crippen LogP) is 2.80. The lowest BCUT2D eigenvalue weighted by Gasteiger charge is -1.97. The third-order valence-electron chi connectivity index (χ3n) is 1.27. The van der Waals surface area contributed by atoms with Crippen molar-refractivity contribution in [3.8, 4) is 0 Å². The average Bonchev–Trinajstić information content (AvgIpc) is 2.17. The Labute approximate surface area is 95.4 Å². The molecule has 0 saturated heterocycles. The second-order valence-corrected chi connectivity index (χ2v) is 4.73. The molecule has 0 unspecified atom stereocenters. The van der Waals surface area contributed by atoms with Crippen molar-refractivity contribution in [3.63, 3.8) is 0 Å². The highest BCUT2D eigenvalue weighted by Crippen LogP contribution is 2.20. The molecule has 0 spiro atoms. The molecule has 0 radical (unpaired) electrons. The largest absolute Gasteiger partial charge is 0.522 e. The Balaban J connectivity index is 0.000000281. The van der Waals surface area contributed by atoms with Crippen LogP contribution in [0.2, 0.25) is 0 Å². The van der Waals surface area contributed by atoms with Crippen molar-refractivity contribution in [2.24, 2.45) is 0 Å². The lowest BCUT2D eigenvalue weighted by Crippen LogP contribution is -2.21. The Bertz CT molecular complexity index is 400. The quantitative estimate of drug-likeness (QED) is 0.486. The Morgan fingerprint density at radius 2 is 1.56 bits per heavy atom. The van der Waals surface area contributed by atoms with Gasteiger partial charge < -0.3 is 0 Å². The highest BCUT2D eigenvalue weighted by molar-refractivity contribution is 7.98. The molecule has 8 heteroatoms. The zero-order chi connectivity index (χ0) is 12.8. The minimum Gasteiger partial charge on any atom is -0.279 e. The summed E-state index contributed by atoms with van der Waals surface area (Å²) in [5.74, 6) is 0. The van der Waals surface area contributed by atoms with Crippen molar-refractivity contribution < 1.29 is 26.1 Å². The summed E-state index contributed by atoms with van der Waals surface area (Å²) in [7, 11) is -5.84. The molecule has 1 aromatic rings. The fourth-order valence-corrected chi connectivity index (χ4v) is 0.986. The topological polar surface area (TPSA) is 54.4 Å². The molecule has 3 nitrogen and oxygen atoms in total. The van der Waals surface area contributed by atoms with Crippen molar-refractivity contribution >= 4 is 21.9 Å². The molecule has 1 aromatic carbocycles. The number of hydrogen-bond donors (Lipinski definition) is 1. The average molecular weight is 274 g/mol. The van der Waals surface area contributed by atoms with Crippen LogP contribution < -0.4 is 0 Å². The molecule has 0 amide bonds. The Kier molecular flexibility index (Phi) is 5.84. The Morgan fingerprint density at radius 3 is 1.75 bits per heavy atom. The van der Waals surface area contributed by atoms with Crippen LogP contribution in [0.1, 0.15) is 0 Å².